The van der Waals surface area contributed by atoms with Crippen LogP contribution in [0.15, 0.2) is 47.4 Å². The van der Waals surface area contributed by atoms with Crippen LogP contribution in [0.25, 0.3) is 0 Å². The van der Waals surface area contributed by atoms with Gasteiger partial charge < -0.3 is 5.32 Å². The normalized spacial score (nSPS) is 20.4. The van der Waals surface area contributed by atoms with E-state index in [9.17, 15) is 17.6 Å². The van der Waals surface area contributed by atoms with Crippen molar-refractivity contribution < 1.29 is 17.6 Å². The van der Waals surface area contributed by atoms with Gasteiger partial charge in [-0.3, -0.25) is 4.79 Å². The van der Waals surface area contributed by atoms with Crippen LogP contribution in [0.3, 0.4) is 0 Å². The van der Waals surface area contributed by atoms with Gasteiger partial charge in [0, 0.05) is 19.6 Å². The van der Waals surface area contributed by atoms with E-state index in [1.807, 2.05) is 19.9 Å². The van der Waals surface area contributed by atoms with Crippen molar-refractivity contribution in [3.05, 3.63) is 65.0 Å². The Morgan fingerprint density at radius 3 is 2.38 bits per heavy atom. The van der Waals surface area contributed by atoms with E-state index in [0.29, 0.717) is 19.4 Å². The second-order valence-electron chi connectivity index (χ2n) is 8.14. The molecule has 0 unspecified atom stereocenters. The van der Waals surface area contributed by atoms with E-state index in [-0.39, 0.29) is 29.7 Å². The van der Waals surface area contributed by atoms with Crippen LogP contribution < -0.4 is 5.32 Å². The van der Waals surface area contributed by atoms with Crippen LogP contribution in [0.1, 0.15) is 36.5 Å². The SMILES string of the molecule is Cc1cc(C)cc(S(=O)(=O)N2CCC[C@](C)(C(=O)NCc3ccc(F)cc3)C2)c1. The Balaban J connectivity index is 1.74. The summed E-state index contributed by atoms with van der Waals surface area (Å²) in [7, 11) is -3.67. The standard InChI is InChI=1S/C22H27FN2O3S/c1-16-11-17(2)13-20(12-16)29(27,28)25-10-4-9-22(3,15-25)21(26)24-14-18-5-7-19(23)8-6-18/h5-8,11-13H,4,9-10,14-15H2,1-3H3,(H,24,26)/t22-/m0/s1. The number of nitrogens with one attached hydrogen (secondary N) is 1. The van der Waals surface area contributed by atoms with Crippen LogP contribution in [0.5, 0.6) is 0 Å². The minimum Gasteiger partial charge on any atom is -0.352 e. The van der Waals surface area contributed by atoms with Crippen LogP contribution in [0.4, 0.5) is 4.39 Å². The lowest BCUT2D eigenvalue weighted by Gasteiger charge is -2.38. The maximum Gasteiger partial charge on any atom is 0.243 e. The van der Waals surface area contributed by atoms with Gasteiger partial charge in [-0.05, 0) is 74.6 Å². The molecule has 5 nitrogen and oxygen atoms in total. The Bertz CT molecular complexity index is 985. The van der Waals surface area contributed by atoms with E-state index in [2.05, 4.69) is 5.32 Å². The third-order valence-electron chi connectivity index (χ3n) is 5.41. The van der Waals surface area contributed by atoms with Crippen molar-refractivity contribution in [2.75, 3.05) is 13.1 Å². The molecule has 2 aromatic carbocycles. The quantitative estimate of drug-likeness (QED) is 0.808. The highest BCUT2D eigenvalue weighted by Crippen LogP contribution is 2.33. The number of carbonyl (C=O) groups is 1. The Labute approximate surface area is 172 Å². The van der Waals surface area contributed by atoms with E-state index in [0.717, 1.165) is 16.7 Å². The number of aryl methyl sites for hydroxylation is 2. The summed E-state index contributed by atoms with van der Waals surface area (Å²) in [5.41, 5.74) is 1.75. The number of hydrogen-bond acceptors (Lipinski definition) is 3. The van der Waals surface area contributed by atoms with Crippen molar-refractivity contribution in [3.63, 3.8) is 0 Å². The molecule has 1 N–H and O–H groups in total. The van der Waals surface area contributed by atoms with Gasteiger partial charge in [0.1, 0.15) is 5.82 Å². The van der Waals surface area contributed by atoms with Gasteiger partial charge in [-0.15, -0.1) is 0 Å². The molecular weight excluding hydrogens is 391 g/mol. The third kappa shape index (κ3) is 4.85. The Morgan fingerprint density at radius 2 is 1.76 bits per heavy atom. The van der Waals surface area contributed by atoms with Crippen molar-refractivity contribution in [2.24, 2.45) is 5.41 Å². The first-order valence-electron chi connectivity index (χ1n) is 9.71. The smallest absolute Gasteiger partial charge is 0.243 e. The van der Waals surface area contributed by atoms with Gasteiger partial charge in [-0.1, -0.05) is 18.2 Å². The van der Waals surface area contributed by atoms with Crippen molar-refractivity contribution in [1.29, 1.82) is 0 Å². The van der Waals surface area contributed by atoms with Crippen LogP contribution >= 0.6 is 0 Å². The van der Waals surface area contributed by atoms with Gasteiger partial charge in [-0.25, -0.2) is 12.8 Å². The van der Waals surface area contributed by atoms with E-state index >= 15 is 0 Å². The summed E-state index contributed by atoms with van der Waals surface area (Å²) in [6.45, 7) is 6.35. The molecule has 1 aliphatic heterocycles. The number of piperidine rings is 1. The first-order chi connectivity index (χ1) is 13.6. The van der Waals surface area contributed by atoms with Crippen LogP contribution in [-0.4, -0.2) is 31.7 Å². The molecule has 1 saturated heterocycles. The zero-order chi connectivity index (χ0) is 21.2. The number of benzene rings is 2. The molecule has 0 bridgehead atoms. The molecule has 1 heterocycles. The Morgan fingerprint density at radius 1 is 1.14 bits per heavy atom. The summed E-state index contributed by atoms with van der Waals surface area (Å²) in [5, 5.41) is 2.88. The summed E-state index contributed by atoms with van der Waals surface area (Å²) in [6, 6.07) is 11.2. The number of amides is 1. The zero-order valence-corrected chi connectivity index (χ0v) is 17.9. The molecule has 0 saturated carbocycles. The van der Waals surface area contributed by atoms with Gasteiger partial charge >= 0.3 is 0 Å². The number of rotatable bonds is 5. The molecule has 29 heavy (non-hydrogen) atoms. The molecule has 0 radical (unpaired) electrons. The predicted octanol–water partition coefficient (Wildman–Crippen LogP) is 3.55. The highest BCUT2D eigenvalue weighted by molar-refractivity contribution is 7.89. The van der Waals surface area contributed by atoms with Crippen molar-refractivity contribution in [1.82, 2.24) is 9.62 Å². The monoisotopic (exact) mass is 418 g/mol. The highest BCUT2D eigenvalue weighted by atomic mass is 32.2. The summed E-state index contributed by atoms with van der Waals surface area (Å²) in [5.74, 6) is -0.520. The summed E-state index contributed by atoms with van der Waals surface area (Å²) < 4.78 is 40.8. The van der Waals surface area contributed by atoms with Gasteiger partial charge in [0.2, 0.25) is 15.9 Å². The summed E-state index contributed by atoms with van der Waals surface area (Å²) in [4.78, 5) is 13.1. The molecular formula is C22H27FN2O3S. The molecule has 1 fully saturated rings. The lowest BCUT2D eigenvalue weighted by atomic mass is 9.82. The molecule has 1 amide bonds. The van der Waals surface area contributed by atoms with Crippen LogP contribution in [-0.2, 0) is 21.4 Å². The number of carbonyl (C=O) groups excluding carboxylic acids is 1. The second-order valence-corrected chi connectivity index (χ2v) is 10.1. The maximum absolute atomic E-state index is 13.2. The predicted molar refractivity (Wildman–Crippen MR) is 110 cm³/mol. The summed E-state index contributed by atoms with van der Waals surface area (Å²) >= 11 is 0. The molecule has 7 heteroatoms. The fourth-order valence-electron chi connectivity index (χ4n) is 3.81. The van der Waals surface area contributed by atoms with Crippen molar-refractivity contribution in [2.45, 2.75) is 45.1 Å². The van der Waals surface area contributed by atoms with Crippen molar-refractivity contribution in [3.8, 4) is 0 Å². The minimum atomic E-state index is -3.67. The molecule has 0 aromatic heterocycles. The Kier molecular flexibility index (Phi) is 6.10. The molecule has 1 atom stereocenters. The molecule has 3 rings (SSSR count). The average Bonchev–Trinajstić information content (AvgIpc) is 2.66. The fourth-order valence-corrected chi connectivity index (χ4v) is 5.60. The molecule has 0 spiro atoms. The molecule has 156 valence electrons. The van der Waals surface area contributed by atoms with Crippen LogP contribution in [0.2, 0.25) is 0 Å². The lowest BCUT2D eigenvalue weighted by Crippen LogP contribution is -2.51. The average molecular weight is 419 g/mol. The van der Waals surface area contributed by atoms with Gasteiger partial charge in [0.15, 0.2) is 0 Å². The van der Waals surface area contributed by atoms with Gasteiger partial charge in [-0.2, -0.15) is 4.31 Å². The number of halogens is 1. The molecule has 1 aliphatic rings. The Hall–Kier alpha value is -2.25. The number of hydrogen-bond donors (Lipinski definition) is 1. The lowest BCUT2D eigenvalue weighted by molar-refractivity contribution is -0.132. The topological polar surface area (TPSA) is 66.5 Å². The van der Waals surface area contributed by atoms with E-state index in [1.165, 1.54) is 16.4 Å². The van der Waals surface area contributed by atoms with Gasteiger partial charge in [0.05, 0.1) is 10.3 Å². The van der Waals surface area contributed by atoms with E-state index in [4.69, 9.17) is 0 Å². The molecule has 2 aromatic rings. The first kappa shape index (κ1) is 21.5. The highest BCUT2D eigenvalue weighted by Gasteiger charge is 2.41. The second kappa shape index (κ2) is 8.24. The zero-order valence-electron chi connectivity index (χ0n) is 17.0. The largest absolute Gasteiger partial charge is 0.352 e. The fraction of sp³-hybridized carbons (Fsp3) is 0.409. The van der Waals surface area contributed by atoms with E-state index in [1.54, 1.807) is 31.2 Å². The first-order valence-corrected chi connectivity index (χ1v) is 11.2. The van der Waals surface area contributed by atoms with E-state index < -0.39 is 15.4 Å². The van der Waals surface area contributed by atoms with Crippen LogP contribution in [0, 0.1) is 25.1 Å². The maximum atomic E-state index is 13.2. The van der Waals surface area contributed by atoms with Gasteiger partial charge in [0.25, 0.3) is 0 Å². The molecule has 0 aliphatic carbocycles. The number of sulfonamides is 1. The third-order valence-corrected chi connectivity index (χ3v) is 7.23. The summed E-state index contributed by atoms with van der Waals surface area (Å²) in [6.07, 6.45) is 1.23. The minimum absolute atomic E-state index is 0.136. The van der Waals surface area contributed by atoms with Crippen molar-refractivity contribution >= 4 is 15.9 Å². The number of nitrogens with zero attached hydrogens (tertiary/aromatic N) is 1.